The first-order valence-electron chi connectivity index (χ1n) is 8.44. The van der Waals surface area contributed by atoms with Gasteiger partial charge in [0.15, 0.2) is 0 Å². The van der Waals surface area contributed by atoms with Crippen molar-refractivity contribution in [3.63, 3.8) is 0 Å². The molecule has 0 unspecified atom stereocenters. The summed E-state index contributed by atoms with van der Waals surface area (Å²) < 4.78 is 10.5. The van der Waals surface area contributed by atoms with E-state index in [9.17, 15) is 9.59 Å². The molecule has 5 nitrogen and oxygen atoms in total. The van der Waals surface area contributed by atoms with E-state index in [0.29, 0.717) is 22.7 Å². The lowest BCUT2D eigenvalue weighted by atomic mass is 10.1. The number of hydrogen-bond acceptors (Lipinski definition) is 4. The predicted octanol–water partition coefficient (Wildman–Crippen LogP) is 4.10. The number of benzene rings is 3. The summed E-state index contributed by atoms with van der Waals surface area (Å²) in [5, 5.41) is 2.80. The molecule has 27 heavy (non-hydrogen) atoms. The standard InChI is InChI=1S/C22H19NO4/c1-26-20-9-5-6-16(14-20)15-21(24)27-19-12-10-18(11-13-19)23-22(25)17-7-3-2-4-8-17/h2-14H,15H2,1H3,(H,23,25). The van der Waals surface area contributed by atoms with E-state index in [1.165, 1.54) is 0 Å². The third-order valence-electron chi connectivity index (χ3n) is 3.86. The van der Waals surface area contributed by atoms with Crippen molar-refractivity contribution in [1.29, 1.82) is 0 Å². The normalized spacial score (nSPS) is 10.1. The van der Waals surface area contributed by atoms with E-state index in [4.69, 9.17) is 9.47 Å². The average molecular weight is 361 g/mol. The monoisotopic (exact) mass is 361 g/mol. The van der Waals surface area contributed by atoms with Crippen molar-refractivity contribution in [2.24, 2.45) is 0 Å². The molecule has 0 bridgehead atoms. The van der Waals surface area contributed by atoms with Gasteiger partial charge in [-0.2, -0.15) is 0 Å². The van der Waals surface area contributed by atoms with Crippen molar-refractivity contribution in [3.05, 3.63) is 90.0 Å². The van der Waals surface area contributed by atoms with Crippen LogP contribution in [0.1, 0.15) is 15.9 Å². The molecule has 136 valence electrons. The molecule has 0 aliphatic heterocycles. The fourth-order valence-corrected chi connectivity index (χ4v) is 2.52. The van der Waals surface area contributed by atoms with Crippen LogP contribution in [-0.2, 0) is 11.2 Å². The Balaban J connectivity index is 1.57. The van der Waals surface area contributed by atoms with Gasteiger partial charge in [-0.05, 0) is 54.1 Å². The molecule has 0 aromatic heterocycles. The van der Waals surface area contributed by atoms with Gasteiger partial charge < -0.3 is 14.8 Å². The van der Waals surface area contributed by atoms with Crippen molar-refractivity contribution in [2.45, 2.75) is 6.42 Å². The van der Waals surface area contributed by atoms with Crippen molar-refractivity contribution in [1.82, 2.24) is 0 Å². The van der Waals surface area contributed by atoms with Crippen LogP contribution in [0.5, 0.6) is 11.5 Å². The molecule has 3 aromatic carbocycles. The van der Waals surface area contributed by atoms with Crippen molar-refractivity contribution < 1.29 is 19.1 Å². The lowest BCUT2D eigenvalue weighted by Gasteiger charge is -2.08. The Hall–Kier alpha value is -3.60. The molecule has 3 aromatic rings. The Morgan fingerprint density at radius 2 is 1.59 bits per heavy atom. The van der Waals surface area contributed by atoms with Gasteiger partial charge in [-0.1, -0.05) is 30.3 Å². The van der Waals surface area contributed by atoms with Gasteiger partial charge in [0.05, 0.1) is 13.5 Å². The summed E-state index contributed by atoms with van der Waals surface area (Å²) in [4.78, 5) is 24.2. The molecule has 0 heterocycles. The molecule has 0 saturated heterocycles. The summed E-state index contributed by atoms with van der Waals surface area (Å²) in [6.45, 7) is 0. The fourth-order valence-electron chi connectivity index (χ4n) is 2.52. The molecule has 1 amide bonds. The molecule has 5 heteroatoms. The zero-order valence-electron chi connectivity index (χ0n) is 14.8. The first-order valence-corrected chi connectivity index (χ1v) is 8.44. The number of rotatable bonds is 6. The maximum Gasteiger partial charge on any atom is 0.315 e. The summed E-state index contributed by atoms with van der Waals surface area (Å²) in [7, 11) is 1.58. The van der Waals surface area contributed by atoms with Gasteiger partial charge in [0.2, 0.25) is 0 Å². The summed E-state index contributed by atoms with van der Waals surface area (Å²) in [5.74, 6) is 0.544. The minimum atomic E-state index is -0.371. The highest BCUT2D eigenvalue weighted by molar-refractivity contribution is 6.04. The number of carbonyl (C=O) groups excluding carboxylic acids is 2. The van der Waals surface area contributed by atoms with Gasteiger partial charge in [-0.3, -0.25) is 9.59 Å². The number of esters is 1. The van der Waals surface area contributed by atoms with Crippen LogP contribution in [0.2, 0.25) is 0 Å². The Morgan fingerprint density at radius 3 is 2.30 bits per heavy atom. The highest BCUT2D eigenvalue weighted by atomic mass is 16.5. The first kappa shape index (κ1) is 18.2. The summed E-state index contributed by atoms with van der Waals surface area (Å²) in [5.41, 5.74) is 2.01. The Kier molecular flexibility index (Phi) is 5.84. The summed E-state index contributed by atoms with van der Waals surface area (Å²) >= 11 is 0. The minimum absolute atomic E-state index is 0.143. The smallest absolute Gasteiger partial charge is 0.315 e. The SMILES string of the molecule is COc1cccc(CC(=O)Oc2ccc(NC(=O)c3ccccc3)cc2)c1. The Bertz CT molecular complexity index is 921. The lowest BCUT2D eigenvalue weighted by Crippen LogP contribution is -2.12. The molecule has 0 spiro atoms. The van der Waals surface area contributed by atoms with Gasteiger partial charge >= 0.3 is 5.97 Å². The van der Waals surface area contributed by atoms with E-state index in [2.05, 4.69) is 5.32 Å². The third kappa shape index (κ3) is 5.19. The van der Waals surface area contributed by atoms with Crippen molar-refractivity contribution in [2.75, 3.05) is 12.4 Å². The number of ether oxygens (including phenoxy) is 2. The van der Waals surface area contributed by atoms with Crippen molar-refractivity contribution >= 4 is 17.6 Å². The van der Waals surface area contributed by atoms with E-state index in [1.807, 2.05) is 24.3 Å². The van der Waals surface area contributed by atoms with E-state index < -0.39 is 0 Å². The molecule has 0 radical (unpaired) electrons. The molecular formula is C22H19NO4. The third-order valence-corrected chi connectivity index (χ3v) is 3.86. The minimum Gasteiger partial charge on any atom is -0.497 e. The maximum absolute atomic E-state index is 12.1. The molecule has 0 aliphatic rings. The highest BCUT2D eigenvalue weighted by Crippen LogP contribution is 2.18. The van der Waals surface area contributed by atoms with Crippen LogP contribution in [-0.4, -0.2) is 19.0 Å². The van der Waals surface area contributed by atoms with E-state index >= 15 is 0 Å². The second-order valence-corrected chi connectivity index (χ2v) is 5.85. The van der Waals surface area contributed by atoms with Crippen LogP contribution in [0, 0.1) is 0 Å². The van der Waals surface area contributed by atoms with E-state index in [1.54, 1.807) is 61.7 Å². The van der Waals surface area contributed by atoms with Crippen LogP contribution in [0.25, 0.3) is 0 Å². The molecule has 3 rings (SSSR count). The molecule has 0 atom stereocenters. The predicted molar refractivity (Wildman–Crippen MR) is 103 cm³/mol. The van der Waals surface area contributed by atoms with Gasteiger partial charge in [-0.25, -0.2) is 0 Å². The lowest BCUT2D eigenvalue weighted by molar-refractivity contribution is -0.133. The summed E-state index contributed by atoms with van der Waals surface area (Å²) in [6, 6.07) is 22.9. The van der Waals surface area contributed by atoms with Crippen LogP contribution in [0.3, 0.4) is 0 Å². The largest absolute Gasteiger partial charge is 0.497 e. The van der Waals surface area contributed by atoms with Gasteiger partial charge in [0.25, 0.3) is 5.91 Å². The average Bonchev–Trinajstić information content (AvgIpc) is 2.70. The van der Waals surface area contributed by atoms with E-state index in [-0.39, 0.29) is 18.3 Å². The second kappa shape index (κ2) is 8.67. The van der Waals surface area contributed by atoms with Crippen LogP contribution in [0.15, 0.2) is 78.9 Å². The molecular weight excluding hydrogens is 342 g/mol. The summed E-state index contributed by atoms with van der Waals surface area (Å²) in [6.07, 6.45) is 0.143. The van der Waals surface area contributed by atoms with Crippen LogP contribution >= 0.6 is 0 Å². The van der Waals surface area contributed by atoms with Crippen LogP contribution < -0.4 is 14.8 Å². The first-order chi connectivity index (χ1) is 13.1. The zero-order chi connectivity index (χ0) is 19.1. The molecule has 0 fully saturated rings. The molecule has 0 aliphatic carbocycles. The number of nitrogens with one attached hydrogen (secondary N) is 1. The van der Waals surface area contributed by atoms with Crippen molar-refractivity contribution in [3.8, 4) is 11.5 Å². The van der Waals surface area contributed by atoms with Crippen LogP contribution in [0.4, 0.5) is 5.69 Å². The topological polar surface area (TPSA) is 64.6 Å². The van der Waals surface area contributed by atoms with Gasteiger partial charge in [0.1, 0.15) is 11.5 Å². The second-order valence-electron chi connectivity index (χ2n) is 5.85. The number of amides is 1. The highest BCUT2D eigenvalue weighted by Gasteiger charge is 2.09. The number of carbonyl (C=O) groups is 2. The Morgan fingerprint density at radius 1 is 0.852 bits per heavy atom. The zero-order valence-corrected chi connectivity index (χ0v) is 14.8. The Labute approximate surface area is 157 Å². The molecule has 1 N–H and O–H groups in total. The maximum atomic E-state index is 12.1. The van der Waals surface area contributed by atoms with E-state index in [0.717, 1.165) is 5.56 Å². The number of anilines is 1. The molecule has 0 saturated carbocycles. The quantitative estimate of drug-likeness (QED) is 0.530. The fraction of sp³-hybridized carbons (Fsp3) is 0.0909. The number of hydrogen-bond donors (Lipinski definition) is 1. The van der Waals surface area contributed by atoms with Gasteiger partial charge in [-0.15, -0.1) is 0 Å². The number of methoxy groups -OCH3 is 1. The van der Waals surface area contributed by atoms with Gasteiger partial charge in [0, 0.05) is 11.3 Å².